The van der Waals surface area contributed by atoms with Crippen molar-refractivity contribution in [2.24, 2.45) is 0 Å². The Kier molecular flexibility index (Phi) is 4.45. The van der Waals surface area contributed by atoms with Crippen LogP contribution in [0.4, 0.5) is 5.69 Å². The van der Waals surface area contributed by atoms with E-state index in [-0.39, 0.29) is 10.6 Å². The second-order valence-electron chi connectivity index (χ2n) is 6.13. The molecule has 1 aliphatic heterocycles. The Hall–Kier alpha value is -2.18. The van der Waals surface area contributed by atoms with E-state index in [1.165, 1.54) is 6.07 Å². The van der Waals surface area contributed by atoms with Crippen molar-refractivity contribution in [3.8, 4) is 11.3 Å². The number of benzene rings is 1. The summed E-state index contributed by atoms with van der Waals surface area (Å²) in [6.45, 7) is 6.99. The van der Waals surface area contributed by atoms with Crippen molar-refractivity contribution in [1.82, 2.24) is 10.2 Å². The van der Waals surface area contributed by atoms with Gasteiger partial charge in [-0.2, -0.15) is 0 Å². The van der Waals surface area contributed by atoms with Crippen LogP contribution >= 0.6 is 0 Å². The van der Waals surface area contributed by atoms with E-state index in [4.69, 9.17) is 4.42 Å². The zero-order valence-electron chi connectivity index (χ0n) is 13.4. The van der Waals surface area contributed by atoms with E-state index in [0.29, 0.717) is 30.0 Å². The summed E-state index contributed by atoms with van der Waals surface area (Å²) in [7, 11) is 0. The normalized spacial score (nSPS) is 22.2. The van der Waals surface area contributed by atoms with E-state index in [2.05, 4.69) is 24.1 Å². The molecule has 2 atom stereocenters. The number of nitrogens with one attached hydrogen (secondary N) is 1. The molecule has 0 saturated carbocycles. The largest absolute Gasteiger partial charge is 0.459 e. The van der Waals surface area contributed by atoms with Gasteiger partial charge < -0.3 is 9.73 Å². The van der Waals surface area contributed by atoms with Crippen LogP contribution in [0.3, 0.4) is 0 Å². The lowest BCUT2D eigenvalue weighted by Gasteiger charge is -2.36. The lowest BCUT2D eigenvalue weighted by atomic mass is 10.1. The molecule has 0 bridgehead atoms. The van der Waals surface area contributed by atoms with E-state index in [1.807, 2.05) is 12.1 Å². The van der Waals surface area contributed by atoms with Crippen molar-refractivity contribution < 1.29 is 9.34 Å². The number of nitrogens with zero attached hydrogens (tertiary/aromatic N) is 2. The first-order chi connectivity index (χ1) is 11.0. The minimum atomic E-state index is -0.377. The van der Waals surface area contributed by atoms with Gasteiger partial charge in [0.1, 0.15) is 11.5 Å². The number of hydrogen-bond acceptors (Lipinski definition) is 5. The first-order valence-corrected chi connectivity index (χ1v) is 7.84. The number of piperazine rings is 1. The molecule has 122 valence electrons. The van der Waals surface area contributed by atoms with E-state index in [9.17, 15) is 10.1 Å². The quantitative estimate of drug-likeness (QED) is 0.693. The minimum absolute atomic E-state index is 0.0672. The van der Waals surface area contributed by atoms with Gasteiger partial charge in [-0.15, -0.1) is 0 Å². The molecule has 2 unspecified atom stereocenters. The molecular weight excluding hydrogens is 294 g/mol. The molecule has 23 heavy (non-hydrogen) atoms. The standard InChI is InChI=1S/C17H21N3O3/c1-12-10-19(13(2)9-18-12)11-14-7-8-17(23-14)15-5-3-4-6-16(15)20(21)22/h3-8,12-13,18H,9-11H2,1-2H3. The molecule has 0 amide bonds. The summed E-state index contributed by atoms with van der Waals surface area (Å²) >= 11 is 0. The molecule has 1 N–H and O–H groups in total. The third-order valence-corrected chi connectivity index (χ3v) is 4.28. The van der Waals surface area contributed by atoms with Gasteiger partial charge in [-0.1, -0.05) is 12.1 Å². The Morgan fingerprint density at radius 3 is 2.87 bits per heavy atom. The number of rotatable bonds is 4. The third-order valence-electron chi connectivity index (χ3n) is 4.28. The van der Waals surface area contributed by atoms with E-state index in [1.54, 1.807) is 18.2 Å². The predicted molar refractivity (Wildman–Crippen MR) is 88.1 cm³/mol. The average Bonchev–Trinajstić information content (AvgIpc) is 2.99. The molecule has 0 radical (unpaired) electrons. The van der Waals surface area contributed by atoms with Crippen LogP contribution in [-0.2, 0) is 6.54 Å². The third kappa shape index (κ3) is 3.43. The molecule has 6 nitrogen and oxygen atoms in total. The molecule has 6 heteroatoms. The zero-order chi connectivity index (χ0) is 16.4. The van der Waals surface area contributed by atoms with Crippen LogP contribution in [0.15, 0.2) is 40.8 Å². The number of furan rings is 1. The maximum absolute atomic E-state index is 11.1. The van der Waals surface area contributed by atoms with Gasteiger partial charge in [-0.3, -0.25) is 15.0 Å². The predicted octanol–water partition coefficient (Wildman–Crippen LogP) is 3.04. The van der Waals surface area contributed by atoms with E-state index < -0.39 is 0 Å². The van der Waals surface area contributed by atoms with Crippen molar-refractivity contribution in [1.29, 1.82) is 0 Å². The summed E-state index contributed by atoms with van der Waals surface area (Å²) < 4.78 is 5.88. The number of para-hydroxylation sites is 1. The maximum atomic E-state index is 11.1. The van der Waals surface area contributed by atoms with Gasteiger partial charge >= 0.3 is 0 Å². The van der Waals surface area contributed by atoms with Crippen LogP contribution < -0.4 is 5.32 Å². The van der Waals surface area contributed by atoms with Gasteiger partial charge in [0.25, 0.3) is 5.69 Å². The fraction of sp³-hybridized carbons (Fsp3) is 0.412. The Labute approximate surface area is 135 Å². The summed E-state index contributed by atoms with van der Waals surface area (Å²) in [5.74, 6) is 1.38. The Balaban J connectivity index is 1.80. The molecule has 2 heterocycles. The fourth-order valence-electron chi connectivity index (χ4n) is 2.97. The molecular formula is C17H21N3O3. The summed E-state index contributed by atoms with van der Waals surface area (Å²) in [5.41, 5.74) is 0.586. The summed E-state index contributed by atoms with van der Waals surface area (Å²) in [4.78, 5) is 13.1. The summed E-state index contributed by atoms with van der Waals surface area (Å²) in [5, 5.41) is 14.6. The lowest BCUT2D eigenvalue weighted by molar-refractivity contribution is -0.384. The Morgan fingerprint density at radius 1 is 1.30 bits per heavy atom. The zero-order valence-corrected chi connectivity index (χ0v) is 13.4. The molecule has 1 aliphatic rings. The molecule has 0 spiro atoms. The maximum Gasteiger partial charge on any atom is 0.280 e. The van der Waals surface area contributed by atoms with Crippen LogP contribution in [0.2, 0.25) is 0 Å². The van der Waals surface area contributed by atoms with Crippen LogP contribution in [0.5, 0.6) is 0 Å². The Morgan fingerprint density at radius 2 is 2.09 bits per heavy atom. The molecule has 3 rings (SSSR count). The second kappa shape index (κ2) is 6.52. The topological polar surface area (TPSA) is 71.5 Å². The number of hydrogen-bond donors (Lipinski definition) is 1. The minimum Gasteiger partial charge on any atom is -0.459 e. The highest BCUT2D eigenvalue weighted by Crippen LogP contribution is 2.31. The molecule has 2 aromatic rings. The first kappa shape index (κ1) is 15.7. The molecule has 1 aromatic carbocycles. The SMILES string of the molecule is CC1CN(Cc2ccc(-c3ccccc3[N+](=O)[O-])o2)C(C)CN1. The number of nitro benzene ring substituents is 1. The van der Waals surface area contributed by atoms with E-state index in [0.717, 1.165) is 18.8 Å². The first-order valence-electron chi connectivity index (χ1n) is 7.84. The van der Waals surface area contributed by atoms with Gasteiger partial charge in [0, 0.05) is 31.2 Å². The highest BCUT2D eigenvalue weighted by atomic mass is 16.6. The Bertz CT molecular complexity index is 698. The van der Waals surface area contributed by atoms with Crippen LogP contribution in [0.25, 0.3) is 11.3 Å². The highest BCUT2D eigenvalue weighted by molar-refractivity contribution is 5.69. The second-order valence-corrected chi connectivity index (χ2v) is 6.13. The monoisotopic (exact) mass is 315 g/mol. The van der Waals surface area contributed by atoms with Gasteiger partial charge in [0.05, 0.1) is 17.0 Å². The van der Waals surface area contributed by atoms with Crippen molar-refractivity contribution in [2.75, 3.05) is 13.1 Å². The fourth-order valence-corrected chi connectivity index (χ4v) is 2.97. The van der Waals surface area contributed by atoms with E-state index >= 15 is 0 Å². The van der Waals surface area contributed by atoms with Crippen LogP contribution in [0, 0.1) is 10.1 Å². The van der Waals surface area contributed by atoms with Crippen molar-refractivity contribution in [2.45, 2.75) is 32.5 Å². The smallest absolute Gasteiger partial charge is 0.280 e. The van der Waals surface area contributed by atoms with Crippen LogP contribution in [0.1, 0.15) is 19.6 Å². The van der Waals surface area contributed by atoms with Crippen molar-refractivity contribution >= 4 is 5.69 Å². The van der Waals surface area contributed by atoms with Gasteiger partial charge in [0.15, 0.2) is 0 Å². The molecule has 1 fully saturated rings. The summed E-state index contributed by atoms with van der Waals surface area (Å²) in [6.07, 6.45) is 0. The van der Waals surface area contributed by atoms with Crippen LogP contribution in [-0.4, -0.2) is 35.0 Å². The highest BCUT2D eigenvalue weighted by Gasteiger charge is 2.24. The van der Waals surface area contributed by atoms with Gasteiger partial charge in [-0.25, -0.2) is 0 Å². The van der Waals surface area contributed by atoms with Crippen molar-refractivity contribution in [3.63, 3.8) is 0 Å². The molecule has 0 aliphatic carbocycles. The van der Waals surface area contributed by atoms with Gasteiger partial charge in [0.2, 0.25) is 0 Å². The average molecular weight is 315 g/mol. The molecule has 1 aromatic heterocycles. The number of nitro groups is 1. The van der Waals surface area contributed by atoms with Crippen molar-refractivity contribution in [3.05, 3.63) is 52.3 Å². The van der Waals surface area contributed by atoms with Gasteiger partial charge in [-0.05, 0) is 32.0 Å². The lowest BCUT2D eigenvalue weighted by Crippen LogP contribution is -2.53. The molecule has 1 saturated heterocycles. The summed E-state index contributed by atoms with van der Waals surface area (Å²) in [6, 6.07) is 11.3.